The van der Waals surface area contributed by atoms with E-state index in [1.165, 1.54) is 0 Å². The second-order valence-electron chi connectivity index (χ2n) is 5.78. The summed E-state index contributed by atoms with van der Waals surface area (Å²) >= 11 is 0. The monoisotopic (exact) mass is 367 g/mol. The third-order valence-electron chi connectivity index (χ3n) is 3.98. The van der Waals surface area contributed by atoms with Gasteiger partial charge in [-0.2, -0.15) is 4.72 Å². The highest BCUT2D eigenvalue weighted by Gasteiger charge is 2.22. The van der Waals surface area contributed by atoms with E-state index in [1.807, 2.05) is 67.6 Å². The van der Waals surface area contributed by atoms with Crippen molar-refractivity contribution in [3.63, 3.8) is 0 Å². The molecular weight excluding hydrogens is 346 g/mol. The Bertz CT molecular complexity index is 885. The number of benzene rings is 3. The van der Waals surface area contributed by atoms with Crippen molar-refractivity contribution in [2.75, 3.05) is 6.61 Å². The third kappa shape index (κ3) is 4.31. The van der Waals surface area contributed by atoms with Crippen LogP contribution in [0.3, 0.4) is 0 Å². The molecule has 0 amide bonds. The maximum absolute atomic E-state index is 12.9. The summed E-state index contributed by atoms with van der Waals surface area (Å²) in [6.45, 7) is 2.42. The summed E-state index contributed by atoms with van der Waals surface area (Å²) in [6, 6.07) is 25.1. The first kappa shape index (κ1) is 18.2. The second-order valence-corrected chi connectivity index (χ2v) is 7.49. The molecule has 0 fully saturated rings. The van der Waals surface area contributed by atoms with E-state index in [1.54, 1.807) is 24.3 Å². The van der Waals surface area contributed by atoms with Crippen LogP contribution in [-0.4, -0.2) is 15.0 Å². The average Bonchev–Trinajstić information content (AvgIpc) is 2.68. The van der Waals surface area contributed by atoms with Crippen molar-refractivity contribution < 1.29 is 13.2 Å². The first-order valence-corrected chi connectivity index (χ1v) is 9.93. The summed E-state index contributed by atoms with van der Waals surface area (Å²) < 4.78 is 34.0. The topological polar surface area (TPSA) is 55.4 Å². The molecule has 1 N–H and O–H groups in total. The van der Waals surface area contributed by atoms with Crippen LogP contribution < -0.4 is 9.46 Å². The lowest BCUT2D eigenvalue weighted by Gasteiger charge is -2.20. The molecule has 0 saturated heterocycles. The van der Waals surface area contributed by atoms with E-state index in [0.717, 1.165) is 11.1 Å². The van der Waals surface area contributed by atoms with Crippen molar-refractivity contribution in [2.24, 2.45) is 0 Å². The van der Waals surface area contributed by atoms with Crippen LogP contribution in [-0.2, 0) is 10.0 Å². The van der Waals surface area contributed by atoms with Crippen LogP contribution in [0.1, 0.15) is 24.1 Å². The van der Waals surface area contributed by atoms with Gasteiger partial charge in [0.25, 0.3) is 0 Å². The molecule has 0 atom stereocenters. The van der Waals surface area contributed by atoms with Gasteiger partial charge in [0.2, 0.25) is 10.0 Å². The Morgan fingerprint density at radius 2 is 1.31 bits per heavy atom. The highest BCUT2D eigenvalue weighted by Crippen LogP contribution is 2.25. The normalized spacial score (nSPS) is 11.5. The number of rotatable bonds is 7. The fourth-order valence-corrected chi connectivity index (χ4v) is 3.94. The molecule has 0 bridgehead atoms. The molecule has 3 rings (SSSR count). The van der Waals surface area contributed by atoms with E-state index < -0.39 is 16.1 Å². The summed E-state index contributed by atoms with van der Waals surface area (Å²) in [4.78, 5) is 0.206. The van der Waals surface area contributed by atoms with Crippen molar-refractivity contribution in [2.45, 2.75) is 17.9 Å². The Labute approximate surface area is 154 Å². The minimum atomic E-state index is -3.69. The fourth-order valence-electron chi connectivity index (χ4n) is 2.72. The first-order valence-electron chi connectivity index (χ1n) is 8.45. The Morgan fingerprint density at radius 1 is 0.808 bits per heavy atom. The van der Waals surface area contributed by atoms with E-state index >= 15 is 0 Å². The first-order chi connectivity index (χ1) is 12.6. The standard InChI is InChI=1S/C21H21NO3S/c1-2-25-19-13-15-20(16-14-19)26(23,24)22-21(17-9-5-3-6-10-17)18-11-7-4-8-12-18/h3-16,21-22H,2H2,1H3. The molecule has 0 heterocycles. The molecule has 0 spiro atoms. The summed E-state index contributed by atoms with van der Waals surface area (Å²) in [5.74, 6) is 0.647. The van der Waals surface area contributed by atoms with Crippen LogP contribution in [0.2, 0.25) is 0 Å². The van der Waals surface area contributed by atoms with E-state index in [-0.39, 0.29) is 4.90 Å². The zero-order valence-electron chi connectivity index (χ0n) is 14.5. The molecule has 0 aliphatic rings. The molecule has 5 heteroatoms. The molecule has 0 unspecified atom stereocenters. The Balaban J connectivity index is 1.93. The lowest BCUT2D eigenvalue weighted by Crippen LogP contribution is -2.29. The average molecular weight is 367 g/mol. The summed E-state index contributed by atoms with van der Waals surface area (Å²) in [6.07, 6.45) is 0. The minimum absolute atomic E-state index is 0.206. The highest BCUT2D eigenvalue weighted by atomic mass is 32.2. The SMILES string of the molecule is CCOc1ccc(S(=O)(=O)NC(c2ccccc2)c2ccccc2)cc1. The van der Waals surface area contributed by atoms with Gasteiger partial charge in [-0.1, -0.05) is 60.7 Å². The molecular formula is C21H21NO3S. The number of ether oxygens (including phenoxy) is 1. The van der Waals surface area contributed by atoms with E-state index in [0.29, 0.717) is 12.4 Å². The van der Waals surface area contributed by atoms with Crippen molar-refractivity contribution in [1.29, 1.82) is 0 Å². The molecule has 3 aromatic carbocycles. The maximum Gasteiger partial charge on any atom is 0.241 e. The van der Waals surface area contributed by atoms with Crippen LogP contribution in [0, 0.1) is 0 Å². The van der Waals surface area contributed by atoms with Crippen molar-refractivity contribution >= 4 is 10.0 Å². The molecule has 3 aromatic rings. The van der Waals surface area contributed by atoms with Gasteiger partial charge < -0.3 is 4.74 Å². The van der Waals surface area contributed by atoms with Crippen LogP contribution in [0.15, 0.2) is 89.8 Å². The van der Waals surface area contributed by atoms with Gasteiger partial charge in [-0.25, -0.2) is 8.42 Å². The van der Waals surface area contributed by atoms with Crippen molar-refractivity contribution in [3.05, 3.63) is 96.1 Å². The molecule has 26 heavy (non-hydrogen) atoms. The van der Waals surface area contributed by atoms with Crippen LogP contribution in [0.4, 0.5) is 0 Å². The van der Waals surface area contributed by atoms with Crippen molar-refractivity contribution in [3.8, 4) is 5.75 Å². The van der Waals surface area contributed by atoms with Gasteiger partial charge in [-0.05, 0) is 42.3 Å². The van der Waals surface area contributed by atoms with Gasteiger partial charge in [0.15, 0.2) is 0 Å². The Kier molecular flexibility index (Phi) is 5.71. The third-order valence-corrected chi connectivity index (χ3v) is 5.42. The largest absolute Gasteiger partial charge is 0.494 e. The molecule has 0 aliphatic carbocycles. The zero-order valence-corrected chi connectivity index (χ0v) is 15.3. The predicted molar refractivity (Wildman–Crippen MR) is 103 cm³/mol. The summed E-state index contributed by atoms with van der Waals surface area (Å²) in [7, 11) is -3.69. The Hall–Kier alpha value is -2.63. The molecule has 0 saturated carbocycles. The van der Waals surface area contributed by atoms with Gasteiger partial charge >= 0.3 is 0 Å². The lowest BCUT2D eigenvalue weighted by molar-refractivity contribution is 0.340. The zero-order chi connectivity index (χ0) is 18.4. The molecule has 0 aromatic heterocycles. The van der Waals surface area contributed by atoms with Gasteiger partial charge in [0, 0.05) is 0 Å². The number of hydrogen-bond donors (Lipinski definition) is 1. The van der Waals surface area contributed by atoms with Crippen LogP contribution in [0.25, 0.3) is 0 Å². The summed E-state index contributed by atoms with van der Waals surface area (Å²) in [5.41, 5.74) is 1.77. The molecule has 4 nitrogen and oxygen atoms in total. The molecule has 134 valence electrons. The molecule has 0 aliphatic heterocycles. The summed E-state index contributed by atoms with van der Waals surface area (Å²) in [5, 5.41) is 0. The molecule has 0 radical (unpaired) electrons. The predicted octanol–water partition coefficient (Wildman–Crippen LogP) is 4.15. The van der Waals surface area contributed by atoms with Gasteiger partial charge in [0.05, 0.1) is 17.5 Å². The van der Waals surface area contributed by atoms with Crippen LogP contribution >= 0.6 is 0 Å². The van der Waals surface area contributed by atoms with Gasteiger partial charge in [-0.3, -0.25) is 0 Å². The fraction of sp³-hybridized carbons (Fsp3) is 0.143. The lowest BCUT2D eigenvalue weighted by atomic mass is 10.00. The minimum Gasteiger partial charge on any atom is -0.494 e. The number of sulfonamides is 1. The van der Waals surface area contributed by atoms with E-state index in [2.05, 4.69) is 4.72 Å². The maximum atomic E-state index is 12.9. The van der Waals surface area contributed by atoms with E-state index in [9.17, 15) is 8.42 Å². The van der Waals surface area contributed by atoms with Crippen molar-refractivity contribution in [1.82, 2.24) is 4.72 Å². The highest BCUT2D eigenvalue weighted by molar-refractivity contribution is 7.89. The van der Waals surface area contributed by atoms with E-state index in [4.69, 9.17) is 4.74 Å². The van der Waals surface area contributed by atoms with Gasteiger partial charge in [-0.15, -0.1) is 0 Å². The number of hydrogen-bond acceptors (Lipinski definition) is 3. The Morgan fingerprint density at radius 3 is 1.77 bits per heavy atom. The second kappa shape index (κ2) is 8.17. The smallest absolute Gasteiger partial charge is 0.241 e. The van der Waals surface area contributed by atoms with Gasteiger partial charge in [0.1, 0.15) is 5.75 Å². The quantitative estimate of drug-likeness (QED) is 0.682. The number of nitrogens with one attached hydrogen (secondary N) is 1. The van der Waals surface area contributed by atoms with Crippen LogP contribution in [0.5, 0.6) is 5.75 Å².